The van der Waals surface area contributed by atoms with Gasteiger partial charge in [-0.25, -0.2) is 0 Å². The second-order valence-electron chi connectivity index (χ2n) is 6.43. The monoisotopic (exact) mass is 452 g/mol. The highest BCUT2D eigenvalue weighted by molar-refractivity contribution is 7.97. The molecule has 8 heteroatoms. The van der Waals surface area contributed by atoms with Gasteiger partial charge in [0, 0.05) is 29.4 Å². The van der Waals surface area contributed by atoms with Crippen LogP contribution in [-0.2, 0) is 22.4 Å². The molecule has 0 aliphatic rings. The fourth-order valence-corrected chi connectivity index (χ4v) is 3.28. The van der Waals surface area contributed by atoms with E-state index in [2.05, 4.69) is 4.72 Å². The van der Waals surface area contributed by atoms with Crippen molar-refractivity contribution in [2.45, 2.75) is 18.9 Å². The highest BCUT2D eigenvalue weighted by Gasteiger charge is 2.21. The molecule has 0 atom stereocenters. The Morgan fingerprint density at radius 2 is 1.48 bits per heavy atom. The number of carbonyl (C=O) groups excluding carboxylic acids is 2. The second kappa shape index (κ2) is 11.1. The van der Waals surface area contributed by atoms with Crippen molar-refractivity contribution >= 4 is 47.0 Å². The predicted molar refractivity (Wildman–Crippen MR) is 119 cm³/mol. The number of nitrogens with one attached hydrogen (secondary N) is 1. The van der Waals surface area contributed by atoms with Crippen molar-refractivity contribution in [3.63, 3.8) is 0 Å². The van der Waals surface area contributed by atoms with Crippen molar-refractivity contribution in [2.75, 3.05) is 13.3 Å². The first kappa shape index (κ1) is 23.1. The number of carbonyl (C=O) groups is 2. The Kier molecular flexibility index (Phi) is 8.89. The lowest BCUT2D eigenvalue weighted by Crippen LogP contribution is -2.39. The van der Waals surface area contributed by atoms with Crippen molar-refractivity contribution in [1.82, 2.24) is 9.62 Å². The number of aliphatic hydroxyl groups is 1. The molecule has 0 saturated heterocycles. The summed E-state index contributed by atoms with van der Waals surface area (Å²) in [7, 11) is 1.65. The van der Waals surface area contributed by atoms with Crippen LogP contribution >= 0.6 is 35.1 Å². The van der Waals surface area contributed by atoms with E-state index in [1.807, 2.05) is 24.3 Å². The molecule has 0 heterocycles. The minimum absolute atomic E-state index is 0.211. The van der Waals surface area contributed by atoms with Crippen molar-refractivity contribution in [3.8, 4) is 0 Å². The third kappa shape index (κ3) is 7.31. The molecule has 0 aliphatic heterocycles. The van der Waals surface area contributed by atoms with Crippen LogP contribution in [0.2, 0.25) is 10.0 Å². The van der Waals surface area contributed by atoms with Gasteiger partial charge in [-0.2, -0.15) is 0 Å². The molecule has 0 aliphatic carbocycles. The van der Waals surface area contributed by atoms with Gasteiger partial charge in [-0.05, 0) is 48.2 Å². The van der Waals surface area contributed by atoms with Gasteiger partial charge in [-0.15, -0.1) is 0 Å². The van der Waals surface area contributed by atoms with E-state index >= 15 is 0 Å². The Bertz CT molecular complexity index is 823. The van der Waals surface area contributed by atoms with Crippen LogP contribution in [0.3, 0.4) is 0 Å². The number of hydrogen-bond donors (Lipinski definition) is 2. The Labute approximate surface area is 184 Å². The van der Waals surface area contributed by atoms with Gasteiger partial charge in [0.1, 0.15) is 0 Å². The maximum atomic E-state index is 12.7. The Hall–Kier alpha value is -2.15. The van der Waals surface area contributed by atoms with Gasteiger partial charge in [-0.1, -0.05) is 59.4 Å². The van der Waals surface area contributed by atoms with Gasteiger partial charge in [-0.3, -0.25) is 14.3 Å². The summed E-state index contributed by atoms with van der Waals surface area (Å²) in [6, 6.07) is 14.6. The van der Waals surface area contributed by atoms with E-state index in [-0.39, 0.29) is 6.04 Å². The van der Waals surface area contributed by atoms with Gasteiger partial charge in [0.2, 0.25) is 5.91 Å². The number of halogens is 2. The second-order valence-corrected chi connectivity index (χ2v) is 7.91. The van der Waals surface area contributed by atoms with E-state index in [0.29, 0.717) is 22.9 Å². The summed E-state index contributed by atoms with van der Waals surface area (Å²) in [5.41, 5.74) is 2.03. The summed E-state index contributed by atoms with van der Waals surface area (Å²) in [6.45, 7) is 0. The number of benzene rings is 2. The maximum absolute atomic E-state index is 12.7. The van der Waals surface area contributed by atoms with E-state index in [1.165, 1.54) is 4.90 Å². The lowest BCUT2D eigenvalue weighted by atomic mass is 9.97. The molecule has 154 valence electrons. The van der Waals surface area contributed by atoms with E-state index in [1.54, 1.807) is 37.6 Å². The first-order chi connectivity index (χ1) is 13.8. The molecule has 0 fully saturated rings. The topological polar surface area (TPSA) is 69.6 Å². The summed E-state index contributed by atoms with van der Waals surface area (Å²) < 4.78 is 2.37. The van der Waals surface area contributed by atoms with Crippen molar-refractivity contribution < 1.29 is 14.7 Å². The van der Waals surface area contributed by atoms with E-state index < -0.39 is 17.6 Å². The van der Waals surface area contributed by atoms with Crippen LogP contribution in [0, 0.1) is 0 Å². The quantitative estimate of drug-likeness (QED) is 0.352. The summed E-state index contributed by atoms with van der Waals surface area (Å²) in [5, 5.41) is 11.1. The minimum atomic E-state index is -0.716. The molecule has 2 N–H and O–H groups in total. The lowest BCUT2D eigenvalue weighted by Gasteiger charge is -2.28. The average molecular weight is 453 g/mol. The van der Waals surface area contributed by atoms with Crippen molar-refractivity contribution in [1.29, 1.82) is 0 Å². The molecule has 0 radical (unpaired) electrons. The highest BCUT2D eigenvalue weighted by Crippen LogP contribution is 2.18. The van der Waals surface area contributed by atoms with Crippen molar-refractivity contribution in [3.05, 3.63) is 81.5 Å². The number of amides is 2. The molecule has 2 amide bonds. The van der Waals surface area contributed by atoms with Gasteiger partial charge >= 0.3 is 0 Å². The summed E-state index contributed by atoms with van der Waals surface area (Å²) in [6.07, 6.45) is 3.73. The van der Waals surface area contributed by atoms with E-state index in [9.17, 15) is 14.7 Å². The predicted octanol–water partition coefficient (Wildman–Crippen LogP) is 4.44. The summed E-state index contributed by atoms with van der Waals surface area (Å²) in [4.78, 5) is 25.8. The molecule has 5 nitrogen and oxygen atoms in total. The fraction of sp³-hybridized carbons (Fsp3) is 0.238. The minimum Gasteiger partial charge on any atom is -0.503 e. The van der Waals surface area contributed by atoms with Crippen LogP contribution < -0.4 is 4.72 Å². The SMILES string of the molecule is CSNC(=O)/C(O)=C/C(=O)N(C)C(Cc1ccc(Cl)cc1)Cc1ccc(Cl)cc1. The summed E-state index contributed by atoms with van der Waals surface area (Å²) >= 11 is 13.0. The molecule has 2 aromatic carbocycles. The van der Waals surface area contributed by atoms with Gasteiger partial charge in [0.05, 0.1) is 6.08 Å². The third-order valence-corrected chi connectivity index (χ3v) is 5.25. The zero-order valence-electron chi connectivity index (χ0n) is 16.1. The van der Waals surface area contributed by atoms with Gasteiger partial charge in [0.25, 0.3) is 5.91 Å². The smallest absolute Gasteiger partial charge is 0.296 e. The van der Waals surface area contributed by atoms with Crippen LogP contribution in [0.1, 0.15) is 11.1 Å². The molecular weight excluding hydrogens is 431 g/mol. The Morgan fingerprint density at radius 1 is 1.03 bits per heavy atom. The zero-order chi connectivity index (χ0) is 21.4. The number of rotatable bonds is 8. The number of likely N-dealkylation sites (N-methyl/N-ethyl adjacent to an activating group) is 1. The maximum Gasteiger partial charge on any atom is 0.296 e. The zero-order valence-corrected chi connectivity index (χ0v) is 18.4. The van der Waals surface area contributed by atoms with Crippen molar-refractivity contribution in [2.24, 2.45) is 0 Å². The molecule has 0 saturated carbocycles. The van der Waals surface area contributed by atoms with Gasteiger partial charge in [0.15, 0.2) is 5.76 Å². The average Bonchev–Trinajstić information content (AvgIpc) is 2.70. The van der Waals surface area contributed by atoms with E-state index in [0.717, 1.165) is 29.2 Å². The van der Waals surface area contributed by atoms with Crippen LogP contribution in [0.15, 0.2) is 60.4 Å². The Morgan fingerprint density at radius 3 is 1.90 bits per heavy atom. The molecule has 0 bridgehead atoms. The third-order valence-electron chi connectivity index (χ3n) is 4.35. The van der Waals surface area contributed by atoms with Gasteiger partial charge < -0.3 is 10.0 Å². The standard InChI is InChI=1S/C21H22Cl2N2O3S/c1-25(20(27)13-19(26)21(28)24-29-2)18(11-14-3-7-16(22)8-4-14)12-15-5-9-17(23)10-6-15/h3-10,13,18,26H,11-12H2,1-2H3,(H,24,28)/b19-13-. The van der Waals surface area contributed by atoms with Crippen LogP contribution in [0.25, 0.3) is 0 Å². The number of aliphatic hydroxyl groups excluding tert-OH is 1. The molecule has 2 aromatic rings. The normalized spacial score (nSPS) is 11.4. The largest absolute Gasteiger partial charge is 0.503 e. The highest BCUT2D eigenvalue weighted by atomic mass is 35.5. The fourth-order valence-electron chi connectivity index (χ4n) is 2.74. The van der Waals surface area contributed by atoms with E-state index in [4.69, 9.17) is 23.2 Å². The number of hydrogen-bond acceptors (Lipinski definition) is 4. The number of nitrogens with zero attached hydrogens (tertiary/aromatic N) is 1. The molecular formula is C21H22Cl2N2O3S. The first-order valence-corrected chi connectivity index (χ1v) is 10.8. The van der Waals surface area contributed by atoms with Crippen LogP contribution in [-0.4, -0.2) is 41.2 Å². The van der Waals surface area contributed by atoms with Crippen LogP contribution in [0.4, 0.5) is 0 Å². The summed E-state index contributed by atoms with van der Waals surface area (Å²) in [5.74, 6) is -1.81. The lowest BCUT2D eigenvalue weighted by molar-refractivity contribution is -0.127. The van der Waals surface area contributed by atoms with Crippen LogP contribution in [0.5, 0.6) is 0 Å². The molecule has 2 rings (SSSR count). The molecule has 0 spiro atoms. The first-order valence-electron chi connectivity index (χ1n) is 8.79. The molecule has 0 aromatic heterocycles. The molecule has 0 unspecified atom stereocenters. The Balaban J connectivity index is 2.23. The molecule has 29 heavy (non-hydrogen) atoms.